The lowest BCUT2D eigenvalue weighted by atomic mass is 9.90. The molecular weight excluding hydrogens is 1010 g/mol. The topological polar surface area (TPSA) is 331 Å². The van der Waals surface area contributed by atoms with Crippen molar-refractivity contribution in [3.8, 4) is 23.0 Å². The Hall–Kier alpha value is -5.84. The molecule has 0 saturated carbocycles. The number of aliphatic imine (C=N–C) groups is 4. The summed E-state index contributed by atoms with van der Waals surface area (Å²) in [6.07, 6.45) is 0.903. The molecule has 0 amide bonds. The van der Waals surface area contributed by atoms with Crippen LogP contribution in [-0.2, 0) is 44.6 Å². The third kappa shape index (κ3) is 19.6. The molecule has 0 atom stereocenters. The summed E-state index contributed by atoms with van der Waals surface area (Å²) in [5.74, 6) is 1.70. The van der Waals surface area contributed by atoms with Gasteiger partial charge in [-0.3, -0.25) is 0 Å². The SMILES string of the molecule is CCOCCOc1c2cc(N=C(N)N)cc1Cc1cc(N=C(N)N)cc(c1OCCOCC)Cc1cc(N=C(N)N)cc(c1OCCOCC)Cc1cc(N=C(N)N)cc(c1OCCOCC)C2.Cl.Cl.Cl.Cl. The van der Waals surface area contributed by atoms with Crippen LogP contribution in [0.25, 0.3) is 0 Å². The molecule has 0 aromatic heterocycles. The lowest BCUT2D eigenvalue weighted by Crippen LogP contribution is -2.22. The summed E-state index contributed by atoms with van der Waals surface area (Å²) in [5, 5.41) is 0. The van der Waals surface area contributed by atoms with Gasteiger partial charge < -0.3 is 83.8 Å². The third-order valence-electron chi connectivity index (χ3n) is 10.2. The monoisotopic (exact) mass is 1080 g/mol. The van der Waals surface area contributed by atoms with Gasteiger partial charge in [-0.25, -0.2) is 20.0 Å². The van der Waals surface area contributed by atoms with Crippen molar-refractivity contribution < 1.29 is 37.9 Å². The fraction of sp³-hybridized carbons (Fsp3) is 0.417. The van der Waals surface area contributed by atoms with E-state index in [4.69, 9.17) is 83.8 Å². The first-order valence-electron chi connectivity index (χ1n) is 22.7. The van der Waals surface area contributed by atoms with Crippen LogP contribution in [0.5, 0.6) is 23.0 Å². The average molecular weight is 1090 g/mol. The number of ether oxygens (including phenoxy) is 8. The summed E-state index contributed by atoms with van der Waals surface area (Å²) in [6, 6.07) is 15.0. The molecule has 20 nitrogen and oxygen atoms in total. The molecule has 0 saturated heterocycles. The highest BCUT2D eigenvalue weighted by Gasteiger charge is 2.25. The van der Waals surface area contributed by atoms with Crippen LogP contribution >= 0.6 is 49.6 Å². The maximum atomic E-state index is 6.71. The van der Waals surface area contributed by atoms with Crippen LogP contribution in [0.3, 0.4) is 0 Å². The zero-order valence-corrected chi connectivity index (χ0v) is 44.5. The summed E-state index contributed by atoms with van der Waals surface area (Å²) in [4.78, 5) is 18.1. The number of halogens is 4. The number of benzene rings is 4. The normalized spacial score (nSPS) is 11.2. The van der Waals surface area contributed by atoms with Crippen LogP contribution in [0.4, 0.5) is 22.7 Å². The molecule has 0 spiro atoms. The second kappa shape index (κ2) is 33.0. The van der Waals surface area contributed by atoms with Crippen molar-refractivity contribution >= 4 is 96.2 Å². The van der Waals surface area contributed by atoms with Crippen LogP contribution in [0.1, 0.15) is 72.2 Å². The highest BCUT2D eigenvalue weighted by Crippen LogP contribution is 2.43. The van der Waals surface area contributed by atoms with E-state index in [0.29, 0.717) is 143 Å². The minimum absolute atomic E-state index is 0. The van der Waals surface area contributed by atoms with Gasteiger partial charge in [-0.15, -0.1) is 49.6 Å². The van der Waals surface area contributed by atoms with Crippen LogP contribution < -0.4 is 64.8 Å². The van der Waals surface area contributed by atoms with Gasteiger partial charge in [0.25, 0.3) is 0 Å². The van der Waals surface area contributed by atoms with Crippen molar-refractivity contribution in [2.75, 3.05) is 79.3 Å². The first kappa shape index (κ1) is 64.2. The van der Waals surface area contributed by atoms with E-state index in [-0.39, 0.29) is 126 Å². The Morgan fingerprint density at radius 2 is 0.486 bits per heavy atom. The molecular formula is C48H72Cl4N12O8. The number of nitrogens with zero attached hydrogens (tertiary/aromatic N) is 4. The second-order valence-electron chi connectivity index (χ2n) is 15.4. The van der Waals surface area contributed by atoms with E-state index in [1.165, 1.54) is 0 Å². The minimum atomic E-state index is -0.136. The van der Waals surface area contributed by atoms with Gasteiger partial charge in [0, 0.05) is 96.6 Å². The molecule has 0 heterocycles. The molecule has 0 radical (unpaired) electrons. The van der Waals surface area contributed by atoms with Crippen LogP contribution in [0, 0.1) is 0 Å². The van der Waals surface area contributed by atoms with E-state index in [0.717, 1.165) is 0 Å². The van der Waals surface area contributed by atoms with Gasteiger partial charge in [0.05, 0.1) is 49.2 Å². The molecule has 5 rings (SSSR count). The summed E-state index contributed by atoms with van der Waals surface area (Å²) in [5.41, 5.74) is 55.9. The minimum Gasteiger partial charge on any atom is -0.491 e. The van der Waals surface area contributed by atoms with E-state index in [2.05, 4.69) is 20.0 Å². The van der Waals surface area contributed by atoms with Gasteiger partial charge in [0.2, 0.25) is 0 Å². The predicted molar refractivity (Wildman–Crippen MR) is 296 cm³/mol. The zero-order chi connectivity index (χ0) is 49.0. The van der Waals surface area contributed by atoms with Crippen LogP contribution in [-0.4, -0.2) is 103 Å². The van der Waals surface area contributed by atoms with E-state index >= 15 is 0 Å². The summed E-state index contributed by atoms with van der Waals surface area (Å²) in [6.45, 7) is 11.9. The van der Waals surface area contributed by atoms with Crippen molar-refractivity contribution in [1.82, 2.24) is 0 Å². The van der Waals surface area contributed by atoms with Gasteiger partial charge in [-0.1, -0.05) is 0 Å². The molecule has 0 fully saturated rings. The van der Waals surface area contributed by atoms with Crippen molar-refractivity contribution in [3.05, 3.63) is 93.0 Å². The molecule has 4 aromatic rings. The Morgan fingerprint density at radius 3 is 0.625 bits per heavy atom. The highest BCUT2D eigenvalue weighted by atomic mass is 35.5. The molecule has 1 aliphatic rings. The smallest absolute Gasteiger partial charge is 0.191 e. The largest absolute Gasteiger partial charge is 0.491 e. The quantitative estimate of drug-likeness (QED) is 0.0220. The number of nitrogens with two attached hydrogens (primary N) is 8. The number of hydrogen-bond donors (Lipinski definition) is 8. The fourth-order valence-electron chi connectivity index (χ4n) is 7.80. The van der Waals surface area contributed by atoms with E-state index in [9.17, 15) is 0 Å². The molecule has 1 aliphatic carbocycles. The van der Waals surface area contributed by atoms with Crippen LogP contribution in [0.2, 0.25) is 0 Å². The predicted octanol–water partition coefficient (Wildman–Crippen LogP) is 5.33. The Labute approximate surface area is 446 Å². The lowest BCUT2D eigenvalue weighted by molar-refractivity contribution is 0.108. The maximum Gasteiger partial charge on any atom is 0.191 e. The zero-order valence-electron chi connectivity index (χ0n) is 41.2. The molecule has 4 aromatic carbocycles. The summed E-state index contributed by atoms with van der Waals surface area (Å²) < 4.78 is 49.8. The Bertz CT molecular complexity index is 2020. The van der Waals surface area contributed by atoms with E-state index in [1.54, 1.807) is 0 Å². The summed E-state index contributed by atoms with van der Waals surface area (Å²) >= 11 is 0. The molecule has 400 valence electrons. The number of guanidine groups is 4. The molecule has 8 bridgehead atoms. The first-order valence-corrected chi connectivity index (χ1v) is 22.7. The highest BCUT2D eigenvalue weighted by molar-refractivity contribution is 5.86. The van der Waals surface area contributed by atoms with Gasteiger partial charge in [0.1, 0.15) is 49.4 Å². The fourth-order valence-corrected chi connectivity index (χ4v) is 7.80. The molecule has 72 heavy (non-hydrogen) atoms. The Morgan fingerprint density at radius 1 is 0.319 bits per heavy atom. The third-order valence-corrected chi connectivity index (χ3v) is 10.2. The van der Waals surface area contributed by atoms with Gasteiger partial charge in [-0.2, -0.15) is 0 Å². The van der Waals surface area contributed by atoms with Crippen molar-refractivity contribution in [3.63, 3.8) is 0 Å². The lowest BCUT2D eigenvalue weighted by Gasteiger charge is -2.24. The first-order chi connectivity index (χ1) is 32.8. The van der Waals surface area contributed by atoms with E-state index < -0.39 is 0 Å². The molecule has 16 N–H and O–H groups in total. The Kier molecular flexibility index (Phi) is 29.4. The molecule has 0 aliphatic heterocycles. The maximum absolute atomic E-state index is 6.71. The Balaban J connectivity index is 0.00000648. The average Bonchev–Trinajstić information content (AvgIpc) is 3.26. The van der Waals surface area contributed by atoms with Crippen molar-refractivity contribution in [2.45, 2.75) is 53.4 Å². The number of rotatable bonds is 24. The standard InChI is InChI=1S/C48H68N12O8.4ClH/c1-5-61-9-13-65-41-29-17-31-23-38(58-46(51)52)25-33(42(31)66-14-10-62-6-2)19-35-27-40(60-48(55)56)28-36(44(35)68-16-12-64-8-4)20-34-26-39(59-47(53)54)24-32(43(34)67-15-11-63-7-3)18-30(41)22-37(21-29)57-45(49)50;;;;/h21-28H,5-20H2,1-4H3,(H4,49,50,57)(H4,51,52,58)(H4,53,54,59)(H4,55,56,60);4*1H. The van der Waals surface area contributed by atoms with Gasteiger partial charge in [0.15, 0.2) is 23.8 Å². The van der Waals surface area contributed by atoms with Crippen molar-refractivity contribution in [2.24, 2.45) is 65.8 Å². The van der Waals surface area contributed by atoms with Crippen molar-refractivity contribution in [1.29, 1.82) is 0 Å². The second-order valence-corrected chi connectivity index (χ2v) is 15.4. The number of fused-ring (bicyclic) bond motifs is 8. The van der Waals surface area contributed by atoms with Gasteiger partial charge >= 0.3 is 0 Å². The number of hydrogen-bond acceptors (Lipinski definition) is 12. The molecule has 24 heteroatoms. The summed E-state index contributed by atoms with van der Waals surface area (Å²) in [7, 11) is 0. The van der Waals surface area contributed by atoms with Gasteiger partial charge in [-0.05, 0) is 76.2 Å². The van der Waals surface area contributed by atoms with Crippen LogP contribution in [0.15, 0.2) is 68.5 Å². The van der Waals surface area contributed by atoms with E-state index in [1.807, 2.05) is 76.2 Å². The molecule has 0 unspecified atom stereocenters.